The lowest BCUT2D eigenvalue weighted by molar-refractivity contribution is -0.294. The number of carbonyl (C=O) groups is 2. The van der Waals surface area contributed by atoms with E-state index >= 15 is 0 Å². The van der Waals surface area contributed by atoms with E-state index in [-0.39, 0.29) is 35.4 Å². The van der Waals surface area contributed by atoms with Crippen LogP contribution in [0.25, 0.3) is 6.08 Å². The number of rotatable bonds is 3. The van der Waals surface area contributed by atoms with Gasteiger partial charge < -0.3 is 20.1 Å². The standard InChI is InChI=1S/C29H38O6/c1-16-15-29(35-19(30)12-11-17-9-7-6-8-10-17)21(22(16)31)24(33)27(4)14-13-18-20(23(32)26(18,2)3)28(27,5)25(29)34/h6-12,16,18,20-24,31-33H,13-15H2,1-5H3/t16-,18+,20-,21+,22+,23+,24+,27-,28-,29+/m1/s1. The van der Waals surface area contributed by atoms with E-state index in [1.54, 1.807) is 6.08 Å². The Labute approximate surface area is 207 Å². The van der Waals surface area contributed by atoms with Crippen LogP contribution in [-0.4, -0.2) is 51.0 Å². The smallest absolute Gasteiger partial charge is 0.331 e. The number of hydrogen-bond donors (Lipinski definition) is 3. The van der Waals surface area contributed by atoms with Gasteiger partial charge in [0.2, 0.25) is 0 Å². The molecule has 3 N–H and O–H groups in total. The molecule has 0 saturated heterocycles. The Hall–Kier alpha value is -2.02. The summed E-state index contributed by atoms with van der Waals surface area (Å²) in [5, 5.41) is 34.2. The Morgan fingerprint density at radius 3 is 2.34 bits per heavy atom. The number of esters is 1. The van der Waals surface area contributed by atoms with Crippen LogP contribution in [-0.2, 0) is 14.3 Å². The van der Waals surface area contributed by atoms with Crippen molar-refractivity contribution < 1.29 is 29.6 Å². The average molecular weight is 483 g/mol. The molecule has 0 amide bonds. The van der Waals surface area contributed by atoms with Crippen molar-refractivity contribution >= 4 is 17.8 Å². The first-order chi connectivity index (χ1) is 16.3. The van der Waals surface area contributed by atoms with E-state index in [9.17, 15) is 24.9 Å². The molecule has 0 spiro atoms. The summed E-state index contributed by atoms with van der Waals surface area (Å²) in [7, 11) is 0. The highest BCUT2D eigenvalue weighted by Gasteiger charge is 2.80. The van der Waals surface area contributed by atoms with Gasteiger partial charge in [0.05, 0.1) is 24.2 Å². The molecule has 0 heterocycles. The highest BCUT2D eigenvalue weighted by molar-refractivity contribution is 5.99. The number of aliphatic hydroxyl groups is 3. The van der Waals surface area contributed by atoms with E-state index in [1.165, 1.54) is 6.08 Å². The molecule has 0 bridgehead atoms. The van der Waals surface area contributed by atoms with E-state index in [0.29, 0.717) is 6.42 Å². The normalized spacial score (nSPS) is 48.0. The minimum absolute atomic E-state index is 0.137. The van der Waals surface area contributed by atoms with Crippen molar-refractivity contribution in [2.45, 2.75) is 77.8 Å². The van der Waals surface area contributed by atoms with Gasteiger partial charge >= 0.3 is 5.97 Å². The lowest BCUT2D eigenvalue weighted by atomic mass is 9.32. The van der Waals surface area contributed by atoms with Crippen LogP contribution in [0.3, 0.4) is 0 Å². The molecule has 0 aromatic heterocycles. The van der Waals surface area contributed by atoms with Crippen molar-refractivity contribution in [3.63, 3.8) is 0 Å². The highest BCUT2D eigenvalue weighted by atomic mass is 16.6. The van der Waals surface area contributed by atoms with E-state index < -0.39 is 46.6 Å². The van der Waals surface area contributed by atoms with Gasteiger partial charge in [-0.05, 0) is 48.2 Å². The molecule has 5 rings (SSSR count). The maximum absolute atomic E-state index is 14.6. The van der Waals surface area contributed by atoms with Crippen molar-refractivity contribution in [3.8, 4) is 0 Å². The fourth-order valence-electron chi connectivity index (χ4n) is 8.46. The van der Waals surface area contributed by atoms with E-state index in [4.69, 9.17) is 4.74 Å². The molecule has 4 saturated carbocycles. The number of Topliss-reactive ketones (excluding diaryl/α,β-unsaturated/α-hetero) is 1. The summed E-state index contributed by atoms with van der Waals surface area (Å²) in [5.41, 5.74) is -3.06. The lowest BCUT2D eigenvalue weighted by Crippen LogP contribution is -2.79. The van der Waals surface area contributed by atoms with Gasteiger partial charge in [0.25, 0.3) is 0 Å². The molecular weight excluding hydrogens is 444 g/mol. The van der Waals surface area contributed by atoms with Crippen LogP contribution in [0, 0.1) is 39.9 Å². The Morgan fingerprint density at radius 2 is 1.69 bits per heavy atom. The molecule has 10 atom stereocenters. The van der Waals surface area contributed by atoms with E-state index in [0.717, 1.165) is 12.0 Å². The zero-order chi connectivity index (χ0) is 25.6. The molecule has 0 radical (unpaired) electrons. The molecular formula is C29H38O6. The van der Waals surface area contributed by atoms with Crippen LogP contribution < -0.4 is 0 Å². The molecule has 6 heteroatoms. The summed E-state index contributed by atoms with van der Waals surface area (Å²) in [5.74, 6) is -2.35. The fraction of sp³-hybridized carbons (Fsp3) is 0.655. The Balaban J connectivity index is 1.56. The number of benzene rings is 1. The van der Waals surface area contributed by atoms with Gasteiger partial charge in [-0.25, -0.2) is 4.79 Å². The quantitative estimate of drug-likeness (QED) is 0.451. The summed E-state index contributed by atoms with van der Waals surface area (Å²) in [6.07, 6.45) is 1.79. The predicted octanol–water partition coefficient (Wildman–Crippen LogP) is 3.38. The Kier molecular flexibility index (Phi) is 5.45. The van der Waals surface area contributed by atoms with Crippen molar-refractivity contribution in [2.75, 3.05) is 0 Å². The largest absolute Gasteiger partial charge is 0.447 e. The third-order valence-corrected chi connectivity index (χ3v) is 10.8. The second kappa shape index (κ2) is 7.74. The molecule has 35 heavy (non-hydrogen) atoms. The van der Waals surface area contributed by atoms with Gasteiger partial charge in [-0.1, -0.05) is 65.0 Å². The predicted molar refractivity (Wildman–Crippen MR) is 131 cm³/mol. The molecule has 6 nitrogen and oxygen atoms in total. The first-order valence-corrected chi connectivity index (χ1v) is 12.9. The molecule has 4 fully saturated rings. The van der Waals surface area contributed by atoms with Crippen LogP contribution in [0.4, 0.5) is 0 Å². The van der Waals surface area contributed by atoms with Crippen molar-refractivity contribution in [2.24, 2.45) is 39.9 Å². The van der Waals surface area contributed by atoms with Gasteiger partial charge in [-0.2, -0.15) is 0 Å². The van der Waals surface area contributed by atoms with Crippen LogP contribution in [0.1, 0.15) is 59.4 Å². The molecule has 1 aromatic rings. The van der Waals surface area contributed by atoms with Gasteiger partial charge in [0, 0.05) is 22.8 Å². The highest BCUT2D eigenvalue weighted by Crippen LogP contribution is 2.73. The first-order valence-electron chi connectivity index (χ1n) is 12.9. The third kappa shape index (κ3) is 2.99. The number of hydrogen-bond acceptors (Lipinski definition) is 6. The number of fused-ring (bicyclic) bond motifs is 4. The van der Waals surface area contributed by atoms with Crippen LogP contribution in [0.15, 0.2) is 36.4 Å². The number of carbonyl (C=O) groups excluding carboxylic acids is 2. The second-order valence-electron chi connectivity index (χ2n) is 12.6. The first kappa shape index (κ1) is 24.7. The van der Waals surface area contributed by atoms with Gasteiger partial charge in [-0.3, -0.25) is 4.79 Å². The minimum atomic E-state index is -1.63. The number of aliphatic hydroxyl groups excluding tert-OH is 3. The molecule has 1 aromatic carbocycles. The summed E-state index contributed by atoms with van der Waals surface area (Å²) < 4.78 is 6.03. The van der Waals surface area contributed by atoms with Gasteiger partial charge in [0.15, 0.2) is 11.4 Å². The fourth-order valence-corrected chi connectivity index (χ4v) is 8.46. The summed E-state index contributed by atoms with van der Waals surface area (Å²) in [6, 6.07) is 9.32. The van der Waals surface area contributed by atoms with Crippen molar-refractivity contribution in [1.29, 1.82) is 0 Å². The van der Waals surface area contributed by atoms with Crippen LogP contribution >= 0.6 is 0 Å². The van der Waals surface area contributed by atoms with Crippen LogP contribution in [0.5, 0.6) is 0 Å². The number of ketones is 1. The lowest BCUT2D eigenvalue weighted by Gasteiger charge is -2.72. The zero-order valence-corrected chi connectivity index (χ0v) is 21.3. The molecule has 4 aliphatic rings. The monoisotopic (exact) mass is 482 g/mol. The van der Waals surface area contributed by atoms with Gasteiger partial charge in [0.1, 0.15) is 0 Å². The number of ether oxygens (including phenoxy) is 1. The van der Waals surface area contributed by atoms with E-state index in [1.807, 2.05) is 65.0 Å². The molecule has 190 valence electrons. The Bertz CT molecular complexity index is 1060. The second-order valence-corrected chi connectivity index (χ2v) is 12.6. The third-order valence-electron chi connectivity index (χ3n) is 10.8. The van der Waals surface area contributed by atoms with E-state index in [2.05, 4.69) is 0 Å². The molecule has 4 aliphatic carbocycles. The average Bonchev–Trinajstić information content (AvgIpc) is 3.08. The zero-order valence-electron chi connectivity index (χ0n) is 21.3. The summed E-state index contributed by atoms with van der Waals surface area (Å²) in [6.45, 7) is 9.66. The SMILES string of the molecule is C[C@@H]1C[C@@]2(OC(=O)C=Cc3ccccc3)C(=O)[C@@]3(C)[C@H]4[C@H](O)C(C)(C)[C@H]4CC[C@]3(C)[C@@H](O)[C@@H]2[C@H]1O. The van der Waals surface area contributed by atoms with Crippen molar-refractivity contribution in [3.05, 3.63) is 42.0 Å². The van der Waals surface area contributed by atoms with Gasteiger partial charge in [-0.15, -0.1) is 0 Å². The maximum Gasteiger partial charge on any atom is 0.331 e. The minimum Gasteiger partial charge on any atom is -0.447 e. The maximum atomic E-state index is 14.6. The Morgan fingerprint density at radius 1 is 1.03 bits per heavy atom. The van der Waals surface area contributed by atoms with Crippen molar-refractivity contribution in [1.82, 2.24) is 0 Å². The molecule has 0 unspecified atom stereocenters. The summed E-state index contributed by atoms with van der Waals surface area (Å²) >= 11 is 0. The summed E-state index contributed by atoms with van der Waals surface area (Å²) in [4.78, 5) is 27.7. The van der Waals surface area contributed by atoms with Crippen LogP contribution in [0.2, 0.25) is 0 Å². The topological polar surface area (TPSA) is 104 Å². The molecule has 0 aliphatic heterocycles.